The molecule has 0 aliphatic rings. The third-order valence-electron chi connectivity index (χ3n) is 1.72. The molecule has 0 saturated heterocycles. The first kappa shape index (κ1) is 13.6. The van der Waals surface area contributed by atoms with Crippen molar-refractivity contribution in [2.24, 2.45) is 0 Å². The van der Waals surface area contributed by atoms with Gasteiger partial charge in [-0.05, 0) is 6.92 Å². The molecule has 0 atom stereocenters. The summed E-state index contributed by atoms with van der Waals surface area (Å²) in [5, 5.41) is -0.348. The van der Waals surface area contributed by atoms with E-state index < -0.39 is 29.7 Å². The van der Waals surface area contributed by atoms with Crippen LogP contribution in [-0.2, 0) is 4.74 Å². The van der Waals surface area contributed by atoms with Crippen LogP contribution in [0.15, 0.2) is 12.1 Å². The van der Waals surface area contributed by atoms with Crippen LogP contribution in [0.1, 0.15) is 17.3 Å². The smallest absolute Gasteiger partial charge is 0.387 e. The highest BCUT2D eigenvalue weighted by atomic mass is 35.5. The molecule has 0 amide bonds. The zero-order valence-electron chi connectivity index (χ0n) is 8.68. The van der Waals surface area contributed by atoms with Gasteiger partial charge in [-0.25, -0.2) is 9.18 Å². The Bertz CT molecular complexity index is 400. The number of rotatable bonds is 4. The lowest BCUT2D eigenvalue weighted by atomic mass is 10.2. The van der Waals surface area contributed by atoms with Crippen molar-refractivity contribution in [3.8, 4) is 5.75 Å². The van der Waals surface area contributed by atoms with Crippen molar-refractivity contribution in [1.29, 1.82) is 0 Å². The zero-order valence-corrected chi connectivity index (χ0v) is 9.43. The van der Waals surface area contributed by atoms with Crippen molar-refractivity contribution < 1.29 is 27.4 Å². The van der Waals surface area contributed by atoms with Crippen LogP contribution in [0.3, 0.4) is 0 Å². The average molecular weight is 269 g/mol. The molecule has 3 nitrogen and oxygen atoms in total. The van der Waals surface area contributed by atoms with Gasteiger partial charge < -0.3 is 9.47 Å². The summed E-state index contributed by atoms with van der Waals surface area (Å²) < 4.78 is 45.7. The fraction of sp³-hybridized carbons (Fsp3) is 0.300. The molecule has 94 valence electrons. The lowest BCUT2D eigenvalue weighted by Gasteiger charge is -2.09. The van der Waals surface area contributed by atoms with Crippen molar-refractivity contribution in [2.45, 2.75) is 13.5 Å². The number of ether oxygens (including phenoxy) is 2. The molecule has 0 aliphatic heterocycles. The summed E-state index contributed by atoms with van der Waals surface area (Å²) in [4.78, 5) is 11.3. The summed E-state index contributed by atoms with van der Waals surface area (Å²) in [6.07, 6.45) is 0. The van der Waals surface area contributed by atoms with Crippen molar-refractivity contribution in [1.82, 2.24) is 0 Å². The third-order valence-corrected chi connectivity index (χ3v) is 2.02. The molecule has 0 saturated carbocycles. The number of hydrogen-bond acceptors (Lipinski definition) is 3. The molecule has 0 heterocycles. The van der Waals surface area contributed by atoms with E-state index in [1.54, 1.807) is 0 Å². The third kappa shape index (κ3) is 3.52. The van der Waals surface area contributed by atoms with E-state index in [-0.39, 0.29) is 11.6 Å². The Kier molecular flexibility index (Phi) is 4.62. The van der Waals surface area contributed by atoms with E-state index in [1.807, 2.05) is 0 Å². The van der Waals surface area contributed by atoms with E-state index in [0.717, 1.165) is 6.07 Å². The molecule has 17 heavy (non-hydrogen) atoms. The molecule has 1 aromatic rings. The highest BCUT2D eigenvalue weighted by molar-refractivity contribution is 6.33. The van der Waals surface area contributed by atoms with Crippen LogP contribution in [-0.4, -0.2) is 19.2 Å². The fourth-order valence-corrected chi connectivity index (χ4v) is 1.39. The molecule has 0 fully saturated rings. The zero-order chi connectivity index (χ0) is 13.0. The number of benzene rings is 1. The first-order valence-electron chi connectivity index (χ1n) is 4.56. The normalized spacial score (nSPS) is 10.5. The Morgan fingerprint density at radius 1 is 1.47 bits per heavy atom. The second-order valence-electron chi connectivity index (χ2n) is 2.86. The summed E-state index contributed by atoms with van der Waals surface area (Å²) in [5.74, 6) is -2.50. The second-order valence-corrected chi connectivity index (χ2v) is 3.27. The summed E-state index contributed by atoms with van der Waals surface area (Å²) in [5.41, 5.74) is -0.505. The topological polar surface area (TPSA) is 35.5 Å². The fourth-order valence-electron chi connectivity index (χ4n) is 1.12. The quantitative estimate of drug-likeness (QED) is 0.786. The van der Waals surface area contributed by atoms with Gasteiger partial charge in [0.25, 0.3) is 0 Å². The predicted octanol–water partition coefficient (Wildman–Crippen LogP) is 3.26. The van der Waals surface area contributed by atoms with Gasteiger partial charge in [0.05, 0.1) is 11.6 Å². The minimum absolute atomic E-state index is 0.0455. The van der Waals surface area contributed by atoms with E-state index >= 15 is 0 Å². The van der Waals surface area contributed by atoms with Gasteiger partial charge in [-0.3, -0.25) is 0 Å². The van der Waals surface area contributed by atoms with Gasteiger partial charge in [-0.15, -0.1) is 0 Å². The van der Waals surface area contributed by atoms with Crippen molar-refractivity contribution in [3.05, 3.63) is 28.5 Å². The van der Waals surface area contributed by atoms with E-state index in [9.17, 15) is 18.0 Å². The van der Waals surface area contributed by atoms with E-state index in [0.29, 0.717) is 6.07 Å². The maximum atomic E-state index is 13.4. The van der Waals surface area contributed by atoms with Gasteiger partial charge in [0, 0.05) is 12.1 Å². The lowest BCUT2D eigenvalue weighted by Crippen LogP contribution is -2.09. The van der Waals surface area contributed by atoms with Gasteiger partial charge in [-0.1, -0.05) is 11.6 Å². The Labute approximate surface area is 100 Å². The highest BCUT2D eigenvalue weighted by Crippen LogP contribution is 2.27. The molecule has 0 spiro atoms. The Morgan fingerprint density at radius 2 is 2.12 bits per heavy atom. The Balaban J connectivity index is 3.06. The van der Waals surface area contributed by atoms with Crippen LogP contribution < -0.4 is 4.74 Å². The van der Waals surface area contributed by atoms with Crippen LogP contribution in [0.2, 0.25) is 5.02 Å². The number of halogens is 4. The van der Waals surface area contributed by atoms with E-state index in [1.165, 1.54) is 6.92 Å². The molecule has 0 unspecified atom stereocenters. The van der Waals surface area contributed by atoms with Gasteiger partial charge in [0.15, 0.2) is 0 Å². The molecule has 0 bridgehead atoms. The standard InChI is InChI=1S/C10H8ClF3O3/c1-2-16-9(15)8-6(11)3-5(4-7(8)12)17-10(13)14/h3-4,10H,2H2,1H3. The van der Waals surface area contributed by atoms with Crippen LogP contribution in [0.4, 0.5) is 13.2 Å². The summed E-state index contributed by atoms with van der Waals surface area (Å²) >= 11 is 5.58. The summed E-state index contributed by atoms with van der Waals surface area (Å²) in [7, 11) is 0. The maximum absolute atomic E-state index is 13.4. The number of carbonyl (C=O) groups excluding carboxylic acids is 1. The van der Waals surface area contributed by atoms with Gasteiger partial charge in [0.2, 0.25) is 0 Å². The Morgan fingerprint density at radius 3 is 2.59 bits per heavy atom. The van der Waals surface area contributed by atoms with Gasteiger partial charge in [-0.2, -0.15) is 8.78 Å². The molecule has 0 aliphatic carbocycles. The minimum atomic E-state index is -3.10. The van der Waals surface area contributed by atoms with Crippen LogP contribution >= 0.6 is 11.6 Å². The first-order valence-corrected chi connectivity index (χ1v) is 4.94. The lowest BCUT2D eigenvalue weighted by molar-refractivity contribution is -0.0499. The first-order chi connectivity index (χ1) is 7.95. The molecule has 1 aromatic carbocycles. The van der Waals surface area contributed by atoms with Crippen LogP contribution in [0.25, 0.3) is 0 Å². The van der Waals surface area contributed by atoms with Crippen LogP contribution in [0, 0.1) is 5.82 Å². The molecular weight excluding hydrogens is 261 g/mol. The molecular formula is C10H8ClF3O3. The number of alkyl halides is 2. The van der Waals surface area contributed by atoms with Crippen LogP contribution in [0.5, 0.6) is 5.75 Å². The number of esters is 1. The SMILES string of the molecule is CCOC(=O)c1c(F)cc(OC(F)F)cc1Cl. The Hall–Kier alpha value is -1.43. The number of hydrogen-bond donors (Lipinski definition) is 0. The summed E-state index contributed by atoms with van der Waals surface area (Å²) in [6.45, 7) is -1.51. The second kappa shape index (κ2) is 5.77. The average Bonchev–Trinajstić information content (AvgIpc) is 2.15. The monoisotopic (exact) mass is 268 g/mol. The molecule has 0 aromatic heterocycles. The summed E-state index contributed by atoms with van der Waals surface area (Å²) in [6, 6.07) is 1.56. The minimum Gasteiger partial charge on any atom is -0.462 e. The molecule has 7 heteroatoms. The molecule has 1 rings (SSSR count). The van der Waals surface area contributed by atoms with Crippen molar-refractivity contribution >= 4 is 17.6 Å². The van der Waals surface area contributed by atoms with Crippen molar-refractivity contribution in [2.75, 3.05) is 6.61 Å². The predicted molar refractivity (Wildman–Crippen MR) is 54.0 cm³/mol. The van der Waals surface area contributed by atoms with Crippen molar-refractivity contribution in [3.63, 3.8) is 0 Å². The highest BCUT2D eigenvalue weighted by Gasteiger charge is 2.19. The number of carbonyl (C=O) groups is 1. The maximum Gasteiger partial charge on any atom is 0.387 e. The molecule has 0 radical (unpaired) electrons. The van der Waals surface area contributed by atoms with Gasteiger partial charge >= 0.3 is 12.6 Å². The van der Waals surface area contributed by atoms with Gasteiger partial charge in [0.1, 0.15) is 17.1 Å². The van der Waals surface area contributed by atoms with E-state index in [4.69, 9.17) is 11.6 Å². The van der Waals surface area contributed by atoms with E-state index in [2.05, 4.69) is 9.47 Å². The largest absolute Gasteiger partial charge is 0.462 e. The molecule has 0 N–H and O–H groups in total.